The van der Waals surface area contributed by atoms with Gasteiger partial charge in [0, 0.05) is 0 Å². The van der Waals surface area contributed by atoms with Crippen LogP contribution in [0.3, 0.4) is 0 Å². The molecular formula is C38H82O9Si4. The van der Waals surface area contributed by atoms with E-state index >= 15 is 0 Å². The van der Waals surface area contributed by atoms with Crippen molar-refractivity contribution in [3.63, 3.8) is 0 Å². The summed E-state index contributed by atoms with van der Waals surface area (Å²) in [6.07, 6.45) is 16.4. The van der Waals surface area contributed by atoms with Gasteiger partial charge in [-0.25, -0.2) is 9.59 Å². The van der Waals surface area contributed by atoms with Gasteiger partial charge in [0.1, 0.15) is 0 Å². The Bertz CT molecular complexity index is 907. The van der Waals surface area contributed by atoms with Crippen LogP contribution in [-0.4, -0.2) is 88.3 Å². The van der Waals surface area contributed by atoms with E-state index in [0.29, 0.717) is 12.8 Å². The van der Waals surface area contributed by atoms with Crippen LogP contribution in [0.1, 0.15) is 142 Å². The van der Waals surface area contributed by atoms with E-state index in [1.54, 1.807) is 26.2 Å². The van der Waals surface area contributed by atoms with Crippen molar-refractivity contribution in [1.29, 1.82) is 0 Å². The van der Waals surface area contributed by atoms with Crippen LogP contribution in [0.4, 0.5) is 0 Å². The molecule has 304 valence electrons. The number of hydrogen-bond donors (Lipinski definition) is 4. The Morgan fingerprint density at radius 1 is 0.471 bits per heavy atom. The maximum absolute atomic E-state index is 14.1. The topological polar surface area (TPSA) is 143 Å². The monoisotopic (exact) mass is 795 g/mol. The van der Waals surface area contributed by atoms with Crippen molar-refractivity contribution in [3.8, 4) is 0 Å². The lowest BCUT2D eigenvalue weighted by Crippen LogP contribution is -2.73. The smallest absolute Gasteiger partial charge is 0.347 e. The van der Waals surface area contributed by atoms with Crippen LogP contribution in [0.15, 0.2) is 0 Å². The zero-order valence-corrected chi connectivity index (χ0v) is 39.1. The number of carbonyl (C=O) groups excluding carboxylic acids is 2. The van der Waals surface area contributed by atoms with E-state index in [2.05, 4.69) is 13.8 Å². The Hall–Kier alpha value is -0.232. The number of esters is 2. The van der Waals surface area contributed by atoms with Gasteiger partial charge in [0.05, 0.1) is 12.2 Å². The molecule has 0 radical (unpaired) electrons. The zero-order valence-electron chi connectivity index (χ0n) is 35.1. The van der Waals surface area contributed by atoms with Crippen molar-refractivity contribution >= 4 is 45.2 Å². The largest absolute Gasteiger partial charge is 0.454 e. The number of carbonyl (C=O) groups is 2. The molecule has 51 heavy (non-hydrogen) atoms. The average Bonchev–Trinajstić information content (AvgIpc) is 2.99. The Morgan fingerprint density at radius 2 is 0.706 bits per heavy atom. The predicted molar refractivity (Wildman–Crippen MR) is 221 cm³/mol. The van der Waals surface area contributed by atoms with Gasteiger partial charge in [-0.2, -0.15) is 0 Å². The molecule has 0 aliphatic carbocycles. The Balaban J connectivity index is 6.10. The van der Waals surface area contributed by atoms with E-state index in [-0.39, 0.29) is 12.8 Å². The summed E-state index contributed by atoms with van der Waals surface area (Å²) in [6, 6.07) is 0. The number of hydrogen-bond acceptors (Lipinski definition) is 9. The number of unbranched alkanes of at least 4 members (excludes halogenated alkanes) is 16. The summed E-state index contributed by atoms with van der Waals surface area (Å²) in [7, 11) is -11.7. The van der Waals surface area contributed by atoms with Crippen LogP contribution in [0.2, 0.25) is 65.5 Å². The Labute approximate surface area is 317 Å². The molecule has 13 heteroatoms. The third kappa shape index (κ3) is 17.8. The van der Waals surface area contributed by atoms with E-state index < -0.39 is 67.9 Å². The summed E-state index contributed by atoms with van der Waals surface area (Å²) in [5.41, 5.74) is 0. The molecule has 0 aliphatic heterocycles. The minimum atomic E-state index is -3.51. The fourth-order valence-corrected chi connectivity index (χ4v) is 23.7. The second-order valence-electron chi connectivity index (χ2n) is 17.9. The van der Waals surface area contributed by atoms with Crippen LogP contribution in [0.25, 0.3) is 0 Å². The highest BCUT2D eigenvalue weighted by molar-refractivity contribution is 6.88. The van der Waals surface area contributed by atoms with Gasteiger partial charge >= 0.3 is 11.9 Å². The second-order valence-corrected chi connectivity index (χ2v) is 35.6. The molecule has 9 nitrogen and oxygen atoms in total. The van der Waals surface area contributed by atoms with Crippen molar-refractivity contribution in [2.75, 3.05) is 0 Å². The van der Waals surface area contributed by atoms with E-state index in [9.17, 15) is 30.0 Å². The summed E-state index contributed by atoms with van der Waals surface area (Å²) in [5, 5.41) is 42.5. The van der Waals surface area contributed by atoms with Gasteiger partial charge in [-0.15, -0.1) is 0 Å². The lowest BCUT2D eigenvalue weighted by molar-refractivity contribution is -0.187. The molecule has 0 bridgehead atoms. The first kappa shape index (κ1) is 50.8. The Morgan fingerprint density at radius 3 is 0.941 bits per heavy atom. The van der Waals surface area contributed by atoms with Crippen molar-refractivity contribution in [2.24, 2.45) is 0 Å². The van der Waals surface area contributed by atoms with Gasteiger partial charge in [0.15, 0.2) is 16.6 Å². The van der Waals surface area contributed by atoms with Crippen molar-refractivity contribution in [1.82, 2.24) is 0 Å². The van der Waals surface area contributed by atoms with Gasteiger partial charge in [-0.05, 0) is 78.3 Å². The van der Waals surface area contributed by atoms with Crippen LogP contribution in [0.5, 0.6) is 0 Å². The third-order valence-corrected chi connectivity index (χ3v) is 23.6. The average molecular weight is 795 g/mol. The quantitative estimate of drug-likeness (QED) is 0.0242. The first-order chi connectivity index (χ1) is 23.4. The maximum Gasteiger partial charge on any atom is 0.347 e. The van der Waals surface area contributed by atoms with Crippen molar-refractivity contribution in [3.05, 3.63) is 0 Å². The molecule has 4 unspecified atom stereocenters. The molecule has 0 rings (SSSR count). The van der Waals surface area contributed by atoms with Crippen molar-refractivity contribution < 1.29 is 43.0 Å². The van der Waals surface area contributed by atoms with E-state index in [0.717, 1.165) is 38.5 Å². The van der Waals surface area contributed by atoms with Gasteiger partial charge in [-0.1, -0.05) is 129 Å². The van der Waals surface area contributed by atoms with Gasteiger partial charge in [0.2, 0.25) is 27.1 Å². The summed E-state index contributed by atoms with van der Waals surface area (Å²) in [4.78, 5) is 28.3. The molecule has 0 aromatic heterocycles. The third-order valence-electron chi connectivity index (χ3n) is 9.89. The predicted octanol–water partition coefficient (Wildman–Crippen LogP) is 9.27. The lowest BCUT2D eigenvalue weighted by Gasteiger charge is -2.46. The number of aliphatic hydroxyl groups is 4. The van der Waals surface area contributed by atoms with Crippen LogP contribution in [-0.2, 0) is 22.6 Å². The lowest BCUT2D eigenvalue weighted by atomic mass is 10.0. The molecule has 0 spiro atoms. The minimum absolute atomic E-state index is 0.131. The molecule has 4 N–H and O–H groups in total. The first-order valence-electron chi connectivity index (χ1n) is 20.4. The van der Waals surface area contributed by atoms with Gasteiger partial charge in [0.25, 0.3) is 0 Å². The fourth-order valence-electron chi connectivity index (χ4n) is 7.21. The van der Waals surface area contributed by atoms with Crippen LogP contribution < -0.4 is 0 Å². The molecule has 0 aromatic rings. The number of rotatable bonds is 30. The standard InChI is InChI=1S/C38H82O9Si4/c1-13-15-17-19-21-23-25-27-29-31-33(39)37(43,50(9,10)46-48(3,4)5)35(41)45-36(42)38(44,51(11,12)47-49(6,7)8)34(40)32-30-28-26-24-22-20-18-16-14-2/h33-34,39-40,43-44H,13-32H2,1-12H3. The highest BCUT2D eigenvalue weighted by atomic mass is 28.4. The van der Waals surface area contributed by atoms with Gasteiger partial charge in [-0.3, -0.25) is 0 Å². The fraction of sp³-hybridized carbons (Fsp3) is 0.947. The zero-order chi connectivity index (χ0) is 39.6. The summed E-state index contributed by atoms with van der Waals surface area (Å²) < 4.78 is 18.3. The number of ether oxygens (including phenoxy) is 1. The Kier molecular flexibility index (Phi) is 23.5. The summed E-state index contributed by atoms with van der Waals surface area (Å²) in [6.45, 7) is 22.7. The molecule has 0 fully saturated rings. The summed E-state index contributed by atoms with van der Waals surface area (Å²) >= 11 is 0. The first-order valence-corrected chi connectivity index (χ1v) is 33.0. The van der Waals surface area contributed by atoms with Crippen LogP contribution >= 0.6 is 0 Å². The number of aliphatic hydroxyl groups excluding tert-OH is 2. The highest BCUT2D eigenvalue weighted by Crippen LogP contribution is 2.36. The maximum atomic E-state index is 14.1. The van der Waals surface area contributed by atoms with Crippen molar-refractivity contribution in [2.45, 2.75) is 230 Å². The van der Waals surface area contributed by atoms with E-state index in [1.807, 2.05) is 39.3 Å². The summed E-state index contributed by atoms with van der Waals surface area (Å²) in [5.74, 6) is -2.67. The van der Waals surface area contributed by atoms with E-state index in [4.69, 9.17) is 13.0 Å². The molecule has 0 heterocycles. The molecule has 0 saturated heterocycles. The van der Waals surface area contributed by atoms with E-state index in [1.165, 1.54) is 64.2 Å². The van der Waals surface area contributed by atoms with Gasteiger partial charge < -0.3 is 33.4 Å². The minimum Gasteiger partial charge on any atom is -0.454 e. The molecule has 0 aromatic carbocycles. The molecule has 4 atom stereocenters. The SMILES string of the molecule is CCCCCCCCCCCC(O)C(O)(C(=O)OC(=O)C(O)(C(O)CCCCCCCCCCC)[Si](C)(C)O[Si](C)(C)C)[Si](C)(C)O[Si](C)(C)C. The highest BCUT2D eigenvalue weighted by Gasteiger charge is 2.64. The molecule has 0 aliphatic rings. The second kappa shape index (κ2) is 23.6. The normalized spacial score (nSPS) is 16.7. The molecular weight excluding hydrogens is 713 g/mol. The molecule has 0 saturated carbocycles. The molecule has 0 amide bonds. The van der Waals surface area contributed by atoms with Crippen LogP contribution in [0, 0.1) is 0 Å².